The van der Waals surface area contributed by atoms with Gasteiger partial charge in [-0.3, -0.25) is 9.80 Å². The van der Waals surface area contributed by atoms with E-state index in [0.717, 1.165) is 62.1 Å². The molecule has 0 unspecified atom stereocenters. The van der Waals surface area contributed by atoms with Crippen molar-refractivity contribution in [3.05, 3.63) is 29.2 Å². The van der Waals surface area contributed by atoms with Crippen LogP contribution in [-0.4, -0.2) is 55.9 Å². The quantitative estimate of drug-likeness (QED) is 0.818. The number of aromatic nitrogens is 4. The first-order valence-corrected chi connectivity index (χ1v) is 9.94. The summed E-state index contributed by atoms with van der Waals surface area (Å²) >= 11 is 0. The topological polar surface area (TPSA) is 63.2 Å². The molecule has 7 nitrogen and oxygen atoms in total. The van der Waals surface area contributed by atoms with Gasteiger partial charge in [0.25, 0.3) is 0 Å². The van der Waals surface area contributed by atoms with E-state index in [2.05, 4.69) is 36.8 Å². The zero-order valence-corrected chi connectivity index (χ0v) is 16.0. The molecule has 2 aliphatic rings. The van der Waals surface area contributed by atoms with Crippen molar-refractivity contribution in [3.63, 3.8) is 0 Å². The molecule has 7 heteroatoms. The van der Waals surface area contributed by atoms with Gasteiger partial charge in [-0.1, -0.05) is 11.6 Å². The minimum Gasteiger partial charge on any atom is -0.360 e. The third-order valence-electron chi connectivity index (χ3n) is 5.82. The summed E-state index contributed by atoms with van der Waals surface area (Å²) in [5.74, 6) is 3.74. The minimum absolute atomic E-state index is 0.510. The molecule has 4 heterocycles. The molecule has 4 rings (SSSR count). The number of nitrogens with zero attached hydrogens (tertiary/aromatic N) is 6. The smallest absolute Gasteiger partial charge is 0.150 e. The lowest BCUT2D eigenvalue weighted by Gasteiger charge is -2.30. The third-order valence-corrected chi connectivity index (χ3v) is 5.82. The molecule has 0 aromatic carbocycles. The maximum Gasteiger partial charge on any atom is 0.150 e. The molecule has 0 amide bonds. The Balaban J connectivity index is 1.32. The molecule has 0 aliphatic carbocycles. The van der Waals surface area contributed by atoms with Crippen LogP contribution in [0.1, 0.15) is 61.1 Å². The zero-order valence-electron chi connectivity index (χ0n) is 16.0. The number of hydrogen-bond acceptors (Lipinski definition) is 6. The molecular formula is C19H30N6O. The number of rotatable bonds is 5. The normalized spacial score (nSPS) is 20.7. The molecule has 2 fully saturated rings. The average Bonchev–Trinajstić information content (AvgIpc) is 3.23. The van der Waals surface area contributed by atoms with Crippen molar-refractivity contribution in [2.24, 2.45) is 7.05 Å². The van der Waals surface area contributed by atoms with Crippen LogP contribution in [0.4, 0.5) is 0 Å². The number of piperidine rings is 2. The Hall–Kier alpha value is -1.73. The summed E-state index contributed by atoms with van der Waals surface area (Å²) in [5.41, 5.74) is 0.954. The maximum absolute atomic E-state index is 5.35. The van der Waals surface area contributed by atoms with E-state index in [9.17, 15) is 0 Å². The molecule has 0 N–H and O–H groups in total. The lowest BCUT2D eigenvalue weighted by Crippen LogP contribution is -2.33. The Morgan fingerprint density at radius 2 is 1.73 bits per heavy atom. The fourth-order valence-electron chi connectivity index (χ4n) is 4.25. The van der Waals surface area contributed by atoms with Crippen molar-refractivity contribution in [1.29, 1.82) is 0 Å². The van der Waals surface area contributed by atoms with Crippen LogP contribution >= 0.6 is 0 Å². The van der Waals surface area contributed by atoms with Crippen LogP contribution in [0.2, 0.25) is 0 Å². The van der Waals surface area contributed by atoms with Crippen LogP contribution in [0.15, 0.2) is 10.6 Å². The summed E-state index contributed by atoms with van der Waals surface area (Å²) < 4.78 is 7.60. The van der Waals surface area contributed by atoms with Gasteiger partial charge < -0.3 is 9.09 Å². The molecule has 0 atom stereocenters. The van der Waals surface area contributed by atoms with Gasteiger partial charge in [0, 0.05) is 19.0 Å². The van der Waals surface area contributed by atoms with E-state index in [4.69, 9.17) is 4.52 Å². The highest BCUT2D eigenvalue weighted by molar-refractivity contribution is 5.05. The molecule has 2 aromatic rings. The van der Waals surface area contributed by atoms with Gasteiger partial charge in [0.2, 0.25) is 0 Å². The van der Waals surface area contributed by atoms with E-state index in [1.54, 1.807) is 0 Å². The molecule has 0 spiro atoms. The summed E-state index contributed by atoms with van der Waals surface area (Å²) in [5, 5.41) is 13.0. The summed E-state index contributed by atoms with van der Waals surface area (Å²) in [6.07, 6.45) is 6.25. The molecule has 0 bridgehead atoms. The largest absolute Gasteiger partial charge is 0.360 e. The highest BCUT2D eigenvalue weighted by atomic mass is 16.5. The first kappa shape index (κ1) is 17.7. The van der Waals surface area contributed by atoms with Crippen molar-refractivity contribution in [2.45, 2.75) is 58.0 Å². The molecule has 2 aromatic heterocycles. The highest BCUT2D eigenvalue weighted by Crippen LogP contribution is 2.28. The van der Waals surface area contributed by atoms with Crippen molar-refractivity contribution < 1.29 is 4.52 Å². The Morgan fingerprint density at radius 1 is 1.00 bits per heavy atom. The van der Waals surface area contributed by atoms with Crippen LogP contribution in [0.3, 0.4) is 0 Å². The lowest BCUT2D eigenvalue weighted by molar-refractivity contribution is 0.180. The minimum atomic E-state index is 0.510. The van der Waals surface area contributed by atoms with Gasteiger partial charge in [-0.05, 0) is 58.8 Å². The van der Waals surface area contributed by atoms with Crippen LogP contribution in [-0.2, 0) is 20.1 Å². The van der Waals surface area contributed by atoms with E-state index in [1.165, 1.54) is 32.4 Å². The van der Waals surface area contributed by atoms with E-state index < -0.39 is 0 Å². The summed E-state index contributed by atoms with van der Waals surface area (Å²) in [6, 6.07) is 2.03. The average molecular weight is 358 g/mol. The van der Waals surface area contributed by atoms with Crippen LogP contribution < -0.4 is 0 Å². The van der Waals surface area contributed by atoms with Crippen molar-refractivity contribution in [2.75, 3.05) is 26.2 Å². The van der Waals surface area contributed by atoms with E-state index >= 15 is 0 Å². The monoisotopic (exact) mass is 358 g/mol. The van der Waals surface area contributed by atoms with Gasteiger partial charge in [0.15, 0.2) is 5.76 Å². The maximum atomic E-state index is 5.35. The van der Waals surface area contributed by atoms with E-state index in [-0.39, 0.29) is 0 Å². The van der Waals surface area contributed by atoms with E-state index in [1.807, 2.05) is 13.0 Å². The first-order chi connectivity index (χ1) is 12.7. The molecule has 2 aliphatic heterocycles. The fraction of sp³-hybridized carbons (Fsp3) is 0.737. The predicted molar refractivity (Wildman–Crippen MR) is 98.6 cm³/mol. The summed E-state index contributed by atoms with van der Waals surface area (Å²) in [6.45, 7) is 8.29. The lowest BCUT2D eigenvalue weighted by atomic mass is 9.96. The second-order valence-electron chi connectivity index (χ2n) is 7.86. The Kier molecular flexibility index (Phi) is 5.36. The predicted octanol–water partition coefficient (Wildman–Crippen LogP) is 2.48. The Morgan fingerprint density at radius 3 is 2.42 bits per heavy atom. The second-order valence-corrected chi connectivity index (χ2v) is 7.86. The molecule has 0 radical (unpaired) electrons. The molecule has 26 heavy (non-hydrogen) atoms. The van der Waals surface area contributed by atoms with Gasteiger partial charge in [0.1, 0.15) is 11.6 Å². The van der Waals surface area contributed by atoms with Gasteiger partial charge in [-0.2, -0.15) is 0 Å². The van der Waals surface area contributed by atoms with Crippen molar-refractivity contribution in [3.8, 4) is 0 Å². The molecular weight excluding hydrogens is 328 g/mol. The first-order valence-electron chi connectivity index (χ1n) is 9.94. The zero-order chi connectivity index (χ0) is 17.9. The van der Waals surface area contributed by atoms with Crippen LogP contribution in [0.5, 0.6) is 0 Å². The van der Waals surface area contributed by atoms with E-state index in [0.29, 0.717) is 5.92 Å². The SMILES string of the molecule is Cc1cc(CN2CCC(c3nnc(CN4CCCCC4)n3C)CC2)on1. The summed E-state index contributed by atoms with van der Waals surface area (Å²) in [7, 11) is 2.14. The highest BCUT2D eigenvalue weighted by Gasteiger charge is 2.26. The molecule has 2 saturated heterocycles. The van der Waals surface area contributed by atoms with Gasteiger partial charge in [0.05, 0.1) is 18.8 Å². The standard InChI is InChI=1S/C19H30N6O/c1-15-12-17(26-22-15)13-25-10-6-16(7-11-25)19-21-20-18(23(19)2)14-24-8-4-3-5-9-24/h12,16H,3-11,13-14H2,1-2H3. The van der Waals surface area contributed by atoms with Gasteiger partial charge in [-0.25, -0.2) is 0 Å². The third kappa shape index (κ3) is 3.99. The van der Waals surface area contributed by atoms with Crippen molar-refractivity contribution >= 4 is 0 Å². The Labute approximate surface area is 155 Å². The Bertz CT molecular complexity index is 709. The van der Waals surface area contributed by atoms with Crippen LogP contribution in [0.25, 0.3) is 0 Å². The molecule has 142 valence electrons. The number of likely N-dealkylation sites (tertiary alicyclic amines) is 2. The fourth-order valence-corrected chi connectivity index (χ4v) is 4.25. The number of aryl methyl sites for hydroxylation is 1. The number of hydrogen-bond donors (Lipinski definition) is 0. The van der Waals surface area contributed by atoms with Crippen molar-refractivity contribution in [1.82, 2.24) is 29.7 Å². The van der Waals surface area contributed by atoms with Gasteiger partial charge in [-0.15, -0.1) is 10.2 Å². The molecule has 0 saturated carbocycles. The second kappa shape index (κ2) is 7.88. The summed E-state index contributed by atoms with van der Waals surface area (Å²) in [4.78, 5) is 4.96. The van der Waals surface area contributed by atoms with Gasteiger partial charge >= 0.3 is 0 Å². The van der Waals surface area contributed by atoms with Crippen LogP contribution in [0, 0.1) is 6.92 Å².